The van der Waals surface area contributed by atoms with Gasteiger partial charge in [-0.1, -0.05) is 224 Å². The van der Waals surface area contributed by atoms with E-state index in [2.05, 4.69) is 268 Å². The minimum absolute atomic E-state index is 0.517. The number of hydrogen-bond acceptors (Lipinski definition) is 15. The maximum atomic E-state index is 9.49. The van der Waals surface area contributed by atoms with Crippen molar-refractivity contribution in [2.75, 3.05) is 0 Å². The highest BCUT2D eigenvalue weighted by Gasteiger charge is 2.24. The number of hydrogen-bond donors (Lipinski definition) is 0. The third kappa shape index (κ3) is 14.6. The Bertz CT molecular complexity index is 9690. The first-order valence-corrected chi connectivity index (χ1v) is 46.7. The Balaban J connectivity index is 0.000000110. The van der Waals surface area contributed by atoms with Gasteiger partial charge in [0.25, 0.3) is 0 Å². The van der Waals surface area contributed by atoms with E-state index in [9.17, 15) is 15.8 Å². The van der Waals surface area contributed by atoms with Crippen LogP contribution in [-0.2, 0) is 0 Å². The predicted octanol–water partition coefficient (Wildman–Crippen LogP) is 30.2. The molecule has 642 valence electrons. The van der Waals surface area contributed by atoms with Crippen LogP contribution >= 0.6 is 22.7 Å². The van der Waals surface area contributed by atoms with Gasteiger partial charge >= 0.3 is 0 Å². The quantitative estimate of drug-likeness (QED) is 0.111. The molecule has 9 aromatic heterocycles. The van der Waals surface area contributed by atoms with E-state index in [0.29, 0.717) is 69.1 Å². The van der Waals surface area contributed by atoms with Crippen molar-refractivity contribution in [3.05, 3.63) is 435 Å². The average molecular weight is 1800 g/mol. The number of para-hydroxylation sites is 4. The van der Waals surface area contributed by atoms with Crippen LogP contribution in [0.5, 0.6) is 0 Å². The summed E-state index contributed by atoms with van der Waals surface area (Å²) >= 11 is 3.69. The van der Waals surface area contributed by atoms with E-state index in [0.717, 1.165) is 122 Å². The van der Waals surface area contributed by atoms with E-state index in [-0.39, 0.29) is 0 Å². The molecule has 0 saturated carbocycles. The van der Waals surface area contributed by atoms with E-state index < -0.39 is 0 Å². The van der Waals surface area contributed by atoms with Crippen LogP contribution in [0.15, 0.2) is 423 Å². The molecule has 18 aromatic carbocycles. The Hall–Kier alpha value is -18.9. The molecule has 0 aliphatic heterocycles. The van der Waals surface area contributed by atoms with Crippen LogP contribution in [0.3, 0.4) is 0 Å². The Morgan fingerprint density at radius 1 is 0.181 bits per heavy atom. The van der Waals surface area contributed by atoms with Crippen LogP contribution in [0.2, 0.25) is 0 Å². The van der Waals surface area contributed by atoms with Crippen LogP contribution < -0.4 is 0 Å². The molecule has 138 heavy (non-hydrogen) atoms. The SMILES string of the molecule is N#Cc1ccc(-c2nc(-c3ccccc3)nc(-c3ccc(-n4c5ccccc5c5cc6sc7ccccc7c6cc54)cc3)n2)cc1.N#Cc1ccc(-c2nc(-c3ccccc3)nc(-c3cccc(-n4c5ccccc5c5cc6sc7ccccc7c6cc54)c3)n2)cc1.N#Cc1cccc(-c2nc(-c3ccccc3)nc(-c3ccc(-n4c5ccccc5c5cc6oc7ccccc7c6cc54)cc3)n2)c1. The standard InChI is InChI=1S/C40H23N5O.2C40H23N5S/c41-24-25-9-8-12-28(21-25)40-43-38(26-10-2-1-3-11-26)42-39(44-40)27-17-19-29(20-18-27)45-34-15-6-4-13-30(34)32-23-37-33(22-35(32)45)31-14-5-7-16-36(31)46-37;41-24-25-17-19-27(20-18-25)39-42-38(26-9-2-1-3-10-26)43-40(44-39)28-11-8-12-29(21-28)45-34-15-6-4-13-30(34)32-23-37-33(22-35(32)45)31-14-5-7-16-36(31)46-37;41-24-25-14-16-27(17-15-25)39-42-38(26-8-2-1-3-9-26)43-40(44-39)28-18-20-29(21-19-28)45-34-12-6-4-10-30(34)32-23-37-33(22-35(32)45)31-11-5-7-13-36(31)46-37/h3*1-23H. The highest BCUT2D eigenvalue weighted by atomic mass is 32.1. The minimum Gasteiger partial charge on any atom is -0.456 e. The number of fused-ring (bicyclic) bond motifs is 18. The third-order valence-electron chi connectivity index (χ3n) is 25.4. The lowest BCUT2D eigenvalue weighted by Gasteiger charge is -2.11. The van der Waals surface area contributed by atoms with Crippen molar-refractivity contribution >= 4 is 150 Å². The third-order valence-corrected chi connectivity index (χ3v) is 27.7. The van der Waals surface area contributed by atoms with E-state index in [4.69, 9.17) is 49.3 Å². The van der Waals surface area contributed by atoms with E-state index in [1.54, 1.807) is 36.4 Å². The van der Waals surface area contributed by atoms with Crippen molar-refractivity contribution in [2.45, 2.75) is 0 Å². The lowest BCUT2D eigenvalue weighted by Crippen LogP contribution is -2.01. The number of rotatable bonds is 12. The Labute approximate surface area is 796 Å². The number of furan rings is 1. The molecule has 0 saturated heterocycles. The molecule has 9 heterocycles. The second-order valence-electron chi connectivity index (χ2n) is 33.7. The number of nitrogens with zero attached hydrogens (tertiary/aromatic N) is 15. The molecule has 27 rings (SSSR count). The van der Waals surface area contributed by atoms with Crippen molar-refractivity contribution in [3.8, 4) is 138 Å². The second-order valence-corrected chi connectivity index (χ2v) is 35.8. The highest BCUT2D eigenvalue weighted by Crippen LogP contribution is 2.46. The summed E-state index contributed by atoms with van der Waals surface area (Å²) in [4.78, 5) is 43.9. The average Bonchev–Trinajstić information content (AvgIpc) is 1.58. The number of benzene rings is 18. The van der Waals surface area contributed by atoms with Crippen LogP contribution in [0, 0.1) is 34.0 Å². The summed E-state index contributed by atoms with van der Waals surface area (Å²) in [6.07, 6.45) is 0. The molecule has 0 bridgehead atoms. The molecule has 0 atom stereocenters. The summed E-state index contributed by atoms with van der Waals surface area (Å²) in [7, 11) is 0. The monoisotopic (exact) mass is 1800 g/mol. The topological polar surface area (TPSA) is 215 Å². The van der Waals surface area contributed by atoms with Gasteiger partial charge in [0.15, 0.2) is 52.4 Å². The van der Waals surface area contributed by atoms with Gasteiger partial charge in [-0.15, -0.1) is 22.7 Å². The molecular weight excluding hydrogens is 1730 g/mol. The summed E-state index contributed by atoms with van der Waals surface area (Å²) < 4.78 is 18.4. The first-order valence-electron chi connectivity index (χ1n) is 45.0. The van der Waals surface area contributed by atoms with Gasteiger partial charge < -0.3 is 18.1 Å². The minimum atomic E-state index is 0.517. The molecule has 18 heteroatoms. The molecule has 0 spiro atoms. The van der Waals surface area contributed by atoms with Crippen molar-refractivity contribution < 1.29 is 4.42 Å². The predicted molar refractivity (Wildman–Crippen MR) is 559 cm³/mol. The van der Waals surface area contributed by atoms with Crippen LogP contribution in [0.4, 0.5) is 0 Å². The zero-order valence-corrected chi connectivity index (χ0v) is 74.9. The smallest absolute Gasteiger partial charge is 0.164 e. The first-order chi connectivity index (χ1) is 68.2. The van der Waals surface area contributed by atoms with Crippen molar-refractivity contribution in [2.24, 2.45) is 0 Å². The van der Waals surface area contributed by atoms with Gasteiger partial charge in [-0.2, -0.15) is 15.8 Å². The zero-order valence-electron chi connectivity index (χ0n) is 73.3. The van der Waals surface area contributed by atoms with Gasteiger partial charge in [0, 0.05) is 151 Å². The molecular formula is C120H69N15OS2. The van der Waals surface area contributed by atoms with Gasteiger partial charge in [0.1, 0.15) is 11.2 Å². The summed E-state index contributed by atoms with van der Waals surface area (Å²) in [5, 5.41) is 42.6. The largest absolute Gasteiger partial charge is 0.456 e. The summed E-state index contributed by atoms with van der Waals surface area (Å²) in [5.41, 5.74) is 21.3. The van der Waals surface area contributed by atoms with E-state index >= 15 is 0 Å². The maximum Gasteiger partial charge on any atom is 0.164 e. The number of aromatic nitrogens is 12. The van der Waals surface area contributed by atoms with Crippen LogP contribution in [0.25, 0.3) is 247 Å². The van der Waals surface area contributed by atoms with Gasteiger partial charge in [-0.05, 0) is 194 Å². The Morgan fingerprint density at radius 3 is 0.891 bits per heavy atom. The molecule has 0 aliphatic rings. The van der Waals surface area contributed by atoms with Gasteiger partial charge in [-0.3, -0.25) is 0 Å². The number of thiophene rings is 2. The normalized spacial score (nSPS) is 11.5. The van der Waals surface area contributed by atoms with Crippen molar-refractivity contribution in [1.82, 2.24) is 58.6 Å². The Kier molecular flexibility index (Phi) is 20.0. The fourth-order valence-electron chi connectivity index (χ4n) is 18.9. The fraction of sp³-hybridized carbons (Fsp3) is 0. The highest BCUT2D eigenvalue weighted by molar-refractivity contribution is 7.26. The first kappa shape index (κ1) is 81.1. The summed E-state index contributed by atoms with van der Waals surface area (Å²) in [6.45, 7) is 0. The molecule has 27 aromatic rings. The lowest BCUT2D eigenvalue weighted by molar-refractivity contribution is 0.669. The van der Waals surface area contributed by atoms with Crippen LogP contribution in [0.1, 0.15) is 16.7 Å². The molecule has 0 aliphatic carbocycles. The fourth-order valence-corrected chi connectivity index (χ4v) is 21.1. The van der Waals surface area contributed by atoms with E-state index in [1.807, 2.05) is 168 Å². The molecule has 0 fully saturated rings. The zero-order chi connectivity index (χ0) is 91.8. The van der Waals surface area contributed by atoms with Crippen molar-refractivity contribution in [3.63, 3.8) is 0 Å². The van der Waals surface area contributed by atoms with Gasteiger partial charge in [0.05, 0.1) is 68.0 Å². The van der Waals surface area contributed by atoms with Gasteiger partial charge in [-0.25, -0.2) is 44.9 Å². The summed E-state index contributed by atoms with van der Waals surface area (Å²) in [5.74, 6) is 5.15. The second kappa shape index (κ2) is 34.0. The lowest BCUT2D eigenvalue weighted by atomic mass is 10.1. The summed E-state index contributed by atoms with van der Waals surface area (Å²) in [6, 6.07) is 149. The molecule has 0 unspecified atom stereocenters. The number of nitriles is 3. The molecule has 0 amide bonds. The molecule has 16 nitrogen and oxygen atoms in total. The van der Waals surface area contributed by atoms with Crippen LogP contribution in [-0.4, -0.2) is 58.6 Å². The maximum absolute atomic E-state index is 9.49. The van der Waals surface area contributed by atoms with E-state index in [1.165, 1.54) is 72.9 Å². The van der Waals surface area contributed by atoms with Gasteiger partial charge in [0.2, 0.25) is 0 Å². The molecule has 0 radical (unpaired) electrons. The molecule has 0 N–H and O–H groups in total. The Morgan fingerprint density at radius 2 is 0.486 bits per heavy atom. The van der Waals surface area contributed by atoms with Crippen molar-refractivity contribution in [1.29, 1.82) is 15.8 Å².